The Kier molecular flexibility index (Phi) is 6.74. The lowest BCUT2D eigenvalue weighted by Crippen LogP contribution is -2.34. The minimum Gasteiger partial charge on any atom is -0.376 e. The first-order chi connectivity index (χ1) is 14.7. The summed E-state index contributed by atoms with van der Waals surface area (Å²) in [6, 6.07) is 9.90. The maximum Gasteiger partial charge on any atom is 0.416 e. The quantitative estimate of drug-likeness (QED) is 0.612. The van der Waals surface area contributed by atoms with Gasteiger partial charge in [0.05, 0.1) is 16.9 Å². The van der Waals surface area contributed by atoms with Crippen LogP contribution in [0.5, 0.6) is 0 Å². The molecular weight excluding hydrogens is 407 g/mol. The van der Waals surface area contributed by atoms with Crippen LogP contribution in [-0.4, -0.2) is 35.0 Å². The van der Waals surface area contributed by atoms with Crippen LogP contribution in [0.2, 0.25) is 0 Å². The molecule has 2 aromatic heterocycles. The molecule has 0 fully saturated rings. The summed E-state index contributed by atoms with van der Waals surface area (Å²) >= 11 is 0. The number of benzene rings is 1. The summed E-state index contributed by atoms with van der Waals surface area (Å²) in [5.41, 5.74) is 1.35. The summed E-state index contributed by atoms with van der Waals surface area (Å²) in [7, 11) is 3.39. The maximum absolute atomic E-state index is 13.2. The third-order valence-corrected chi connectivity index (χ3v) is 4.55. The van der Waals surface area contributed by atoms with Gasteiger partial charge < -0.3 is 15.1 Å². The number of alkyl halides is 3. The van der Waals surface area contributed by atoms with E-state index in [0.717, 1.165) is 23.3 Å². The molecule has 1 N–H and O–H groups in total. The molecule has 0 radical (unpaired) electrons. The molecular formula is C22H22F3N5O. The van der Waals surface area contributed by atoms with Gasteiger partial charge in [-0.15, -0.1) is 0 Å². The van der Waals surface area contributed by atoms with Gasteiger partial charge in [0.15, 0.2) is 0 Å². The molecule has 0 atom stereocenters. The highest BCUT2D eigenvalue weighted by molar-refractivity contribution is 5.93. The Morgan fingerprint density at radius 1 is 0.968 bits per heavy atom. The number of nitrogens with zero attached hydrogens (tertiary/aromatic N) is 4. The predicted molar refractivity (Wildman–Crippen MR) is 113 cm³/mol. The Balaban J connectivity index is 1.90. The number of halogens is 3. The van der Waals surface area contributed by atoms with Gasteiger partial charge >= 0.3 is 12.2 Å². The van der Waals surface area contributed by atoms with Gasteiger partial charge in [-0.25, -0.2) is 4.79 Å². The monoisotopic (exact) mass is 429 g/mol. The third-order valence-electron chi connectivity index (χ3n) is 4.55. The van der Waals surface area contributed by atoms with Gasteiger partial charge in [0.2, 0.25) is 0 Å². The van der Waals surface area contributed by atoms with Crippen LogP contribution in [0.25, 0.3) is 0 Å². The molecule has 0 saturated carbocycles. The number of urea groups is 1. The van der Waals surface area contributed by atoms with E-state index in [4.69, 9.17) is 0 Å². The zero-order valence-corrected chi connectivity index (χ0v) is 17.1. The Bertz CT molecular complexity index is 969. The highest BCUT2D eigenvalue weighted by Crippen LogP contribution is 2.35. The normalized spacial score (nSPS) is 11.1. The number of rotatable bonds is 6. The van der Waals surface area contributed by atoms with Crippen LogP contribution in [0.15, 0.2) is 67.3 Å². The number of carbonyl (C=O) groups is 1. The maximum atomic E-state index is 13.2. The fourth-order valence-electron chi connectivity index (χ4n) is 3.02. The Morgan fingerprint density at radius 3 is 2.29 bits per heavy atom. The van der Waals surface area contributed by atoms with Crippen molar-refractivity contribution in [3.05, 3.63) is 83.9 Å². The number of carbonyl (C=O) groups excluding carboxylic acids is 1. The SMILES string of the molecule is CN(C)c1ccc(C(F)(F)F)cc1NC(=O)N(Cc1ccncc1)Cc1cccnc1. The van der Waals surface area contributed by atoms with E-state index in [-0.39, 0.29) is 18.8 Å². The molecule has 2 heterocycles. The lowest BCUT2D eigenvalue weighted by Gasteiger charge is -2.25. The number of hydrogen-bond acceptors (Lipinski definition) is 4. The minimum atomic E-state index is -4.52. The number of amides is 2. The van der Waals surface area contributed by atoms with Crippen LogP contribution in [0.3, 0.4) is 0 Å². The molecule has 3 rings (SSSR count). The second-order valence-corrected chi connectivity index (χ2v) is 7.13. The Hall–Kier alpha value is -3.62. The molecule has 3 aromatic rings. The van der Waals surface area contributed by atoms with Crippen LogP contribution >= 0.6 is 0 Å². The van der Waals surface area contributed by atoms with Gasteiger partial charge in [0.25, 0.3) is 0 Å². The third kappa shape index (κ3) is 5.94. The molecule has 9 heteroatoms. The zero-order chi connectivity index (χ0) is 22.4. The van der Waals surface area contributed by atoms with Crippen molar-refractivity contribution in [1.82, 2.24) is 14.9 Å². The molecule has 0 unspecified atom stereocenters. The van der Waals surface area contributed by atoms with Gasteiger partial charge in [0, 0.05) is 52.0 Å². The number of anilines is 2. The van der Waals surface area contributed by atoms with E-state index in [1.54, 1.807) is 62.0 Å². The molecule has 0 aliphatic heterocycles. The van der Waals surface area contributed by atoms with Crippen LogP contribution < -0.4 is 10.2 Å². The van der Waals surface area contributed by atoms with E-state index in [9.17, 15) is 18.0 Å². The summed E-state index contributed by atoms with van der Waals surface area (Å²) in [5.74, 6) is 0. The van der Waals surface area contributed by atoms with Crippen molar-refractivity contribution in [2.24, 2.45) is 0 Å². The molecule has 0 aliphatic rings. The van der Waals surface area contributed by atoms with Crippen LogP contribution in [-0.2, 0) is 19.3 Å². The van der Waals surface area contributed by atoms with Gasteiger partial charge in [-0.3, -0.25) is 9.97 Å². The Morgan fingerprint density at radius 2 is 1.68 bits per heavy atom. The lowest BCUT2D eigenvalue weighted by atomic mass is 10.1. The average Bonchev–Trinajstić information content (AvgIpc) is 2.74. The molecule has 0 saturated heterocycles. The fraction of sp³-hybridized carbons (Fsp3) is 0.227. The van der Waals surface area contributed by atoms with E-state index >= 15 is 0 Å². The number of hydrogen-bond donors (Lipinski definition) is 1. The van der Waals surface area contributed by atoms with Gasteiger partial charge in [-0.05, 0) is 47.5 Å². The summed E-state index contributed by atoms with van der Waals surface area (Å²) < 4.78 is 39.7. The number of aromatic nitrogens is 2. The summed E-state index contributed by atoms with van der Waals surface area (Å²) in [6.45, 7) is 0.484. The summed E-state index contributed by atoms with van der Waals surface area (Å²) in [4.78, 5) is 24.3. The van der Waals surface area contributed by atoms with Crippen LogP contribution in [0.1, 0.15) is 16.7 Å². The summed E-state index contributed by atoms with van der Waals surface area (Å²) in [5, 5.41) is 2.65. The van der Waals surface area contributed by atoms with Crippen molar-refractivity contribution < 1.29 is 18.0 Å². The second-order valence-electron chi connectivity index (χ2n) is 7.13. The topological polar surface area (TPSA) is 61.4 Å². The minimum absolute atomic E-state index is 0.0794. The van der Waals surface area contributed by atoms with Crippen molar-refractivity contribution in [1.29, 1.82) is 0 Å². The van der Waals surface area contributed by atoms with E-state index in [1.807, 2.05) is 6.07 Å². The van der Waals surface area contributed by atoms with Crippen LogP contribution in [0.4, 0.5) is 29.3 Å². The largest absolute Gasteiger partial charge is 0.416 e. The Labute approximate surface area is 178 Å². The van der Waals surface area contributed by atoms with Crippen LogP contribution in [0, 0.1) is 0 Å². The highest BCUT2D eigenvalue weighted by Gasteiger charge is 2.31. The number of nitrogens with one attached hydrogen (secondary N) is 1. The first-order valence-corrected chi connectivity index (χ1v) is 9.46. The second kappa shape index (κ2) is 9.46. The first kappa shape index (κ1) is 22.1. The molecule has 6 nitrogen and oxygen atoms in total. The molecule has 162 valence electrons. The van der Waals surface area contributed by atoms with Crippen molar-refractivity contribution in [2.75, 3.05) is 24.3 Å². The van der Waals surface area contributed by atoms with Crippen molar-refractivity contribution >= 4 is 17.4 Å². The van der Waals surface area contributed by atoms with Gasteiger partial charge in [-0.2, -0.15) is 13.2 Å². The van der Waals surface area contributed by atoms with E-state index in [1.165, 1.54) is 11.0 Å². The van der Waals surface area contributed by atoms with Crippen molar-refractivity contribution in [3.63, 3.8) is 0 Å². The number of pyridine rings is 2. The summed E-state index contributed by atoms with van der Waals surface area (Å²) in [6.07, 6.45) is 1.99. The van der Waals surface area contributed by atoms with Crippen molar-refractivity contribution in [3.8, 4) is 0 Å². The molecule has 0 bridgehead atoms. The molecule has 2 amide bonds. The highest BCUT2D eigenvalue weighted by atomic mass is 19.4. The molecule has 1 aromatic carbocycles. The molecule has 0 aliphatic carbocycles. The molecule has 31 heavy (non-hydrogen) atoms. The van der Waals surface area contributed by atoms with E-state index in [2.05, 4.69) is 15.3 Å². The zero-order valence-electron chi connectivity index (χ0n) is 17.1. The van der Waals surface area contributed by atoms with E-state index < -0.39 is 17.8 Å². The van der Waals surface area contributed by atoms with Gasteiger partial charge in [0.1, 0.15) is 0 Å². The predicted octanol–water partition coefficient (Wildman–Crippen LogP) is 4.80. The first-order valence-electron chi connectivity index (χ1n) is 9.46. The smallest absolute Gasteiger partial charge is 0.376 e. The van der Waals surface area contributed by atoms with E-state index in [0.29, 0.717) is 5.69 Å². The van der Waals surface area contributed by atoms with Crippen molar-refractivity contribution in [2.45, 2.75) is 19.3 Å². The molecule has 0 spiro atoms. The van der Waals surface area contributed by atoms with Gasteiger partial charge in [-0.1, -0.05) is 6.07 Å². The standard InChI is InChI=1S/C22H22F3N5O/c1-29(2)20-6-5-18(22(23,24)25)12-19(20)28-21(31)30(14-16-7-10-26-11-8-16)15-17-4-3-9-27-13-17/h3-13H,14-15H2,1-2H3,(H,28,31). The fourth-order valence-corrected chi connectivity index (χ4v) is 3.02. The average molecular weight is 429 g/mol. The lowest BCUT2D eigenvalue weighted by molar-refractivity contribution is -0.137.